The van der Waals surface area contributed by atoms with Gasteiger partial charge in [0.1, 0.15) is 5.82 Å². The van der Waals surface area contributed by atoms with Crippen molar-refractivity contribution >= 4 is 33.2 Å². The van der Waals surface area contributed by atoms with Crippen LogP contribution in [-0.4, -0.2) is 34.6 Å². The minimum Gasteiger partial charge on any atom is -0.383 e. The van der Waals surface area contributed by atoms with E-state index in [4.69, 9.17) is 16.3 Å². The van der Waals surface area contributed by atoms with Gasteiger partial charge in [-0.05, 0) is 42.5 Å². The van der Waals surface area contributed by atoms with E-state index in [0.29, 0.717) is 5.69 Å². The van der Waals surface area contributed by atoms with E-state index >= 15 is 0 Å². The van der Waals surface area contributed by atoms with Gasteiger partial charge in [-0.25, -0.2) is 17.5 Å². The summed E-state index contributed by atoms with van der Waals surface area (Å²) < 4.78 is 44.3. The Morgan fingerprint density at radius 3 is 2.48 bits per heavy atom. The SMILES string of the molecule is COCCNS(=O)(=O)c1ccc(C(=O)Nc2ccc(F)c(Cl)c2)cc1. The summed E-state index contributed by atoms with van der Waals surface area (Å²) in [5.41, 5.74) is 0.575. The molecule has 0 spiro atoms. The van der Waals surface area contributed by atoms with Crippen LogP contribution in [0, 0.1) is 5.82 Å². The number of sulfonamides is 1. The first-order chi connectivity index (χ1) is 11.8. The molecule has 0 aliphatic carbocycles. The Morgan fingerprint density at radius 1 is 1.20 bits per heavy atom. The van der Waals surface area contributed by atoms with E-state index in [-0.39, 0.29) is 28.6 Å². The van der Waals surface area contributed by atoms with Crippen molar-refractivity contribution in [2.24, 2.45) is 0 Å². The van der Waals surface area contributed by atoms with Crippen molar-refractivity contribution in [1.82, 2.24) is 4.72 Å². The van der Waals surface area contributed by atoms with Crippen molar-refractivity contribution < 1.29 is 22.3 Å². The van der Waals surface area contributed by atoms with Crippen LogP contribution in [0.15, 0.2) is 47.4 Å². The molecule has 2 aromatic carbocycles. The third kappa shape index (κ3) is 5.23. The molecule has 0 aromatic heterocycles. The maximum atomic E-state index is 13.1. The van der Waals surface area contributed by atoms with Crippen LogP contribution in [0.4, 0.5) is 10.1 Å². The van der Waals surface area contributed by atoms with Gasteiger partial charge in [-0.1, -0.05) is 11.6 Å². The average molecular weight is 387 g/mol. The summed E-state index contributed by atoms with van der Waals surface area (Å²) in [6.45, 7) is 0.395. The molecule has 0 unspecified atom stereocenters. The number of amides is 1. The van der Waals surface area contributed by atoms with E-state index in [1.165, 1.54) is 43.5 Å². The highest BCUT2D eigenvalue weighted by Crippen LogP contribution is 2.20. The van der Waals surface area contributed by atoms with Crippen molar-refractivity contribution in [2.75, 3.05) is 25.6 Å². The summed E-state index contributed by atoms with van der Waals surface area (Å²) in [4.78, 5) is 12.2. The van der Waals surface area contributed by atoms with E-state index < -0.39 is 21.7 Å². The Morgan fingerprint density at radius 2 is 1.88 bits per heavy atom. The Kier molecular flexibility index (Phi) is 6.49. The molecule has 2 aromatic rings. The lowest BCUT2D eigenvalue weighted by atomic mass is 10.2. The maximum Gasteiger partial charge on any atom is 0.255 e. The monoisotopic (exact) mass is 386 g/mol. The molecule has 6 nitrogen and oxygen atoms in total. The second-order valence-corrected chi connectivity index (χ2v) is 7.17. The van der Waals surface area contributed by atoms with Crippen molar-refractivity contribution in [3.63, 3.8) is 0 Å². The zero-order chi connectivity index (χ0) is 18.4. The lowest BCUT2D eigenvalue weighted by molar-refractivity contribution is 0.102. The van der Waals surface area contributed by atoms with Crippen LogP contribution in [0.3, 0.4) is 0 Å². The summed E-state index contributed by atoms with van der Waals surface area (Å²) in [6, 6.07) is 9.20. The van der Waals surface area contributed by atoms with Gasteiger partial charge in [0.15, 0.2) is 0 Å². The fourth-order valence-corrected chi connectivity index (χ4v) is 3.12. The third-order valence-electron chi connectivity index (χ3n) is 3.20. The third-order valence-corrected chi connectivity index (χ3v) is 4.97. The Labute approximate surface area is 150 Å². The Bertz CT molecular complexity index is 857. The zero-order valence-corrected chi connectivity index (χ0v) is 14.8. The molecule has 0 heterocycles. The number of anilines is 1. The molecule has 0 saturated carbocycles. The molecule has 0 aliphatic rings. The van der Waals surface area contributed by atoms with Crippen LogP contribution >= 0.6 is 11.6 Å². The van der Waals surface area contributed by atoms with Gasteiger partial charge >= 0.3 is 0 Å². The molecule has 0 fully saturated rings. The van der Waals surface area contributed by atoms with E-state index in [1.54, 1.807) is 0 Å². The zero-order valence-electron chi connectivity index (χ0n) is 13.3. The van der Waals surface area contributed by atoms with Crippen LogP contribution in [0.5, 0.6) is 0 Å². The quantitative estimate of drug-likeness (QED) is 0.716. The topological polar surface area (TPSA) is 84.5 Å². The van der Waals surface area contributed by atoms with Crippen LogP contribution in [0.25, 0.3) is 0 Å². The summed E-state index contributed by atoms with van der Waals surface area (Å²) in [7, 11) is -2.20. The molecule has 2 rings (SSSR count). The number of carbonyl (C=O) groups is 1. The van der Waals surface area contributed by atoms with Gasteiger partial charge in [-0.3, -0.25) is 4.79 Å². The number of hydrogen-bond acceptors (Lipinski definition) is 4. The summed E-state index contributed by atoms with van der Waals surface area (Å²) in [6.07, 6.45) is 0. The fourth-order valence-electron chi connectivity index (χ4n) is 1.92. The van der Waals surface area contributed by atoms with E-state index in [2.05, 4.69) is 10.0 Å². The van der Waals surface area contributed by atoms with Gasteiger partial charge in [0.25, 0.3) is 5.91 Å². The molecule has 2 N–H and O–H groups in total. The average Bonchev–Trinajstić information content (AvgIpc) is 2.58. The molecule has 25 heavy (non-hydrogen) atoms. The summed E-state index contributed by atoms with van der Waals surface area (Å²) in [5, 5.41) is 2.44. The van der Waals surface area contributed by atoms with Crippen molar-refractivity contribution in [3.05, 3.63) is 58.9 Å². The van der Waals surface area contributed by atoms with Crippen molar-refractivity contribution in [3.8, 4) is 0 Å². The first-order valence-corrected chi connectivity index (χ1v) is 9.04. The first-order valence-electron chi connectivity index (χ1n) is 7.18. The van der Waals surface area contributed by atoms with Gasteiger partial charge in [0, 0.05) is 24.9 Å². The predicted octanol–water partition coefficient (Wildman–Crippen LogP) is 2.66. The Balaban J connectivity index is 2.08. The fraction of sp³-hybridized carbons (Fsp3) is 0.188. The number of nitrogens with one attached hydrogen (secondary N) is 2. The summed E-state index contributed by atoms with van der Waals surface area (Å²) in [5.74, 6) is -1.06. The predicted molar refractivity (Wildman–Crippen MR) is 92.9 cm³/mol. The normalized spacial score (nSPS) is 11.3. The van der Waals surface area contributed by atoms with Crippen LogP contribution in [0.1, 0.15) is 10.4 Å². The van der Waals surface area contributed by atoms with Crippen LogP contribution in [0.2, 0.25) is 5.02 Å². The highest BCUT2D eigenvalue weighted by molar-refractivity contribution is 7.89. The molecule has 0 atom stereocenters. The van der Waals surface area contributed by atoms with E-state index in [0.717, 1.165) is 6.07 Å². The number of rotatable bonds is 7. The molecule has 0 saturated heterocycles. The number of ether oxygens (including phenoxy) is 1. The second kappa shape index (κ2) is 8.39. The molecule has 134 valence electrons. The molecule has 0 aliphatic heterocycles. The molecular formula is C16H16ClFN2O4S. The molecule has 1 amide bonds. The highest BCUT2D eigenvalue weighted by atomic mass is 35.5. The molecule has 0 radical (unpaired) electrons. The number of carbonyl (C=O) groups excluding carboxylic acids is 1. The largest absolute Gasteiger partial charge is 0.383 e. The Hall–Kier alpha value is -2.00. The van der Waals surface area contributed by atoms with Crippen LogP contribution < -0.4 is 10.0 Å². The van der Waals surface area contributed by atoms with Gasteiger partial charge in [-0.15, -0.1) is 0 Å². The van der Waals surface area contributed by atoms with Gasteiger partial charge in [-0.2, -0.15) is 0 Å². The lowest BCUT2D eigenvalue weighted by Crippen LogP contribution is -2.27. The van der Waals surface area contributed by atoms with E-state index in [1.807, 2.05) is 0 Å². The maximum absolute atomic E-state index is 13.1. The van der Waals surface area contributed by atoms with Crippen molar-refractivity contribution in [2.45, 2.75) is 4.90 Å². The molecule has 9 heteroatoms. The smallest absolute Gasteiger partial charge is 0.255 e. The van der Waals surface area contributed by atoms with Gasteiger partial charge in [0.2, 0.25) is 10.0 Å². The lowest BCUT2D eigenvalue weighted by Gasteiger charge is -2.08. The summed E-state index contributed by atoms with van der Waals surface area (Å²) >= 11 is 5.66. The van der Waals surface area contributed by atoms with Crippen molar-refractivity contribution in [1.29, 1.82) is 0 Å². The minimum absolute atomic E-state index is 0.0324. The number of methoxy groups -OCH3 is 1. The minimum atomic E-state index is -3.67. The van der Waals surface area contributed by atoms with Gasteiger partial charge in [0.05, 0.1) is 16.5 Å². The number of benzene rings is 2. The highest BCUT2D eigenvalue weighted by Gasteiger charge is 2.14. The molecular weight excluding hydrogens is 371 g/mol. The van der Waals surface area contributed by atoms with Crippen LogP contribution in [-0.2, 0) is 14.8 Å². The number of halogens is 2. The first kappa shape index (κ1) is 19.3. The van der Waals surface area contributed by atoms with E-state index in [9.17, 15) is 17.6 Å². The standard InChI is InChI=1S/C16H16ClFN2O4S/c1-24-9-8-19-25(22,23)13-5-2-11(3-6-13)16(21)20-12-4-7-15(18)14(17)10-12/h2-7,10,19H,8-9H2,1H3,(H,20,21). The second-order valence-electron chi connectivity index (χ2n) is 5.00. The van der Waals surface area contributed by atoms with Gasteiger partial charge < -0.3 is 10.1 Å². The molecule has 0 bridgehead atoms. The number of hydrogen-bond donors (Lipinski definition) is 2.